The minimum Gasteiger partial charge on any atom is -0.425 e. The lowest BCUT2D eigenvalue weighted by Crippen LogP contribution is -2.48. The predicted octanol–water partition coefficient (Wildman–Crippen LogP) is 2.91. The summed E-state index contributed by atoms with van der Waals surface area (Å²) in [6.07, 6.45) is 7.56. The highest BCUT2D eigenvalue weighted by Crippen LogP contribution is 2.45. The maximum absolute atomic E-state index is 12.6. The number of carbonyl (C=O) groups excluding carboxylic acids is 2. The Morgan fingerprint density at radius 2 is 2.00 bits per heavy atom. The van der Waals surface area contributed by atoms with Crippen LogP contribution in [0.5, 0.6) is 5.75 Å². The molecule has 1 amide bonds. The molecule has 1 aromatic rings. The monoisotopic (exact) mass is 358 g/mol. The van der Waals surface area contributed by atoms with Crippen LogP contribution in [0.15, 0.2) is 18.2 Å². The first kappa shape index (κ1) is 18.9. The van der Waals surface area contributed by atoms with Gasteiger partial charge in [0.2, 0.25) is 5.91 Å². The molecule has 3 rings (SSSR count). The van der Waals surface area contributed by atoms with Crippen molar-refractivity contribution in [1.29, 1.82) is 0 Å². The van der Waals surface area contributed by atoms with Crippen molar-refractivity contribution in [2.45, 2.75) is 64.3 Å². The Labute approximate surface area is 155 Å². The number of hydrogen-bond donors (Lipinski definition) is 2. The van der Waals surface area contributed by atoms with E-state index in [0.29, 0.717) is 11.7 Å². The van der Waals surface area contributed by atoms with Gasteiger partial charge >= 0.3 is 5.97 Å². The van der Waals surface area contributed by atoms with Gasteiger partial charge in [-0.2, -0.15) is 0 Å². The summed E-state index contributed by atoms with van der Waals surface area (Å²) in [5, 5.41) is 2.66. The number of rotatable bonds is 5. The summed E-state index contributed by atoms with van der Waals surface area (Å²) < 4.78 is 5.63. The highest BCUT2D eigenvalue weighted by atomic mass is 16.5. The van der Waals surface area contributed by atoms with E-state index in [2.05, 4.69) is 17.4 Å². The van der Waals surface area contributed by atoms with Crippen molar-refractivity contribution in [3.8, 4) is 5.75 Å². The minimum absolute atomic E-state index is 0.0710. The Bertz CT molecular complexity index is 671. The van der Waals surface area contributed by atoms with E-state index in [1.165, 1.54) is 43.2 Å². The van der Waals surface area contributed by atoms with Gasteiger partial charge in [-0.25, -0.2) is 4.79 Å². The zero-order valence-electron chi connectivity index (χ0n) is 15.8. The SMILES string of the molecule is CC(C)C(NC(=O)CN)C(=O)Oc1ccc2c(c1)C1CCCCC1CC2. The molecule has 2 aliphatic carbocycles. The molecule has 0 radical (unpaired) electrons. The summed E-state index contributed by atoms with van der Waals surface area (Å²) in [7, 11) is 0. The van der Waals surface area contributed by atoms with Gasteiger partial charge in [0.1, 0.15) is 11.8 Å². The number of nitrogens with two attached hydrogens (primary N) is 1. The highest BCUT2D eigenvalue weighted by Gasteiger charge is 2.32. The van der Waals surface area contributed by atoms with Gasteiger partial charge in [-0.1, -0.05) is 32.8 Å². The average molecular weight is 358 g/mol. The van der Waals surface area contributed by atoms with Gasteiger partial charge in [0.25, 0.3) is 0 Å². The van der Waals surface area contributed by atoms with E-state index < -0.39 is 12.0 Å². The lowest BCUT2D eigenvalue weighted by Gasteiger charge is -2.37. The molecule has 2 aliphatic rings. The van der Waals surface area contributed by atoms with Crippen LogP contribution >= 0.6 is 0 Å². The molecule has 26 heavy (non-hydrogen) atoms. The van der Waals surface area contributed by atoms with Crippen molar-refractivity contribution in [2.24, 2.45) is 17.6 Å². The van der Waals surface area contributed by atoms with Gasteiger partial charge in [0.05, 0.1) is 6.54 Å². The average Bonchev–Trinajstić information content (AvgIpc) is 2.65. The van der Waals surface area contributed by atoms with Gasteiger partial charge in [0.15, 0.2) is 0 Å². The fourth-order valence-corrected chi connectivity index (χ4v) is 4.42. The molecule has 142 valence electrons. The van der Waals surface area contributed by atoms with E-state index in [-0.39, 0.29) is 18.4 Å². The molecule has 0 saturated heterocycles. The zero-order chi connectivity index (χ0) is 18.7. The van der Waals surface area contributed by atoms with E-state index in [1.54, 1.807) is 0 Å². The van der Waals surface area contributed by atoms with Gasteiger partial charge in [-0.3, -0.25) is 4.79 Å². The number of ether oxygens (including phenoxy) is 1. The van der Waals surface area contributed by atoms with E-state index in [4.69, 9.17) is 10.5 Å². The largest absolute Gasteiger partial charge is 0.425 e. The third-order valence-corrected chi connectivity index (χ3v) is 5.85. The molecule has 3 atom stereocenters. The van der Waals surface area contributed by atoms with E-state index >= 15 is 0 Å². The lowest BCUT2D eigenvalue weighted by molar-refractivity contribution is -0.140. The standard InChI is InChI=1S/C21H30N2O3/c1-13(2)20(23-19(24)12-22)21(25)26-16-10-9-15-8-7-14-5-3-4-6-17(14)18(15)11-16/h9-11,13-14,17,20H,3-8,12,22H2,1-2H3,(H,23,24). The molecule has 0 bridgehead atoms. The summed E-state index contributed by atoms with van der Waals surface area (Å²) in [6, 6.07) is 5.34. The molecule has 1 fully saturated rings. The fraction of sp³-hybridized carbons (Fsp3) is 0.619. The molecule has 1 saturated carbocycles. The van der Waals surface area contributed by atoms with Crippen LogP contribution < -0.4 is 15.8 Å². The lowest BCUT2D eigenvalue weighted by atomic mass is 9.68. The van der Waals surface area contributed by atoms with Crippen LogP contribution in [0.3, 0.4) is 0 Å². The summed E-state index contributed by atoms with van der Waals surface area (Å²) in [4.78, 5) is 24.2. The molecule has 3 N–H and O–H groups in total. The molecule has 3 unspecified atom stereocenters. The summed E-state index contributed by atoms with van der Waals surface area (Å²) in [6.45, 7) is 3.61. The van der Waals surface area contributed by atoms with Crippen molar-refractivity contribution in [3.05, 3.63) is 29.3 Å². The van der Waals surface area contributed by atoms with Crippen LogP contribution in [0.4, 0.5) is 0 Å². The minimum atomic E-state index is -0.690. The topological polar surface area (TPSA) is 81.4 Å². The quantitative estimate of drug-likeness (QED) is 0.626. The predicted molar refractivity (Wildman–Crippen MR) is 101 cm³/mol. The van der Waals surface area contributed by atoms with E-state index in [1.807, 2.05) is 19.9 Å². The van der Waals surface area contributed by atoms with Crippen LogP contribution in [0.2, 0.25) is 0 Å². The Balaban J connectivity index is 1.75. The molecule has 1 aromatic carbocycles. The fourth-order valence-electron chi connectivity index (χ4n) is 4.42. The van der Waals surface area contributed by atoms with Crippen LogP contribution in [-0.4, -0.2) is 24.5 Å². The van der Waals surface area contributed by atoms with Crippen molar-refractivity contribution in [3.63, 3.8) is 0 Å². The van der Waals surface area contributed by atoms with Crippen LogP contribution in [0.1, 0.15) is 63.0 Å². The number of fused-ring (bicyclic) bond motifs is 3. The Morgan fingerprint density at radius 3 is 2.73 bits per heavy atom. The zero-order valence-corrected chi connectivity index (χ0v) is 15.8. The normalized spacial score (nSPS) is 22.9. The van der Waals surface area contributed by atoms with E-state index in [0.717, 1.165) is 12.3 Å². The number of benzene rings is 1. The smallest absolute Gasteiger partial charge is 0.334 e. The number of nitrogens with one attached hydrogen (secondary N) is 1. The van der Waals surface area contributed by atoms with Crippen LogP contribution in [0, 0.1) is 11.8 Å². The second kappa shape index (κ2) is 8.21. The Hall–Kier alpha value is -1.88. The second-order valence-electron chi connectivity index (χ2n) is 7.96. The van der Waals surface area contributed by atoms with Crippen molar-refractivity contribution in [1.82, 2.24) is 5.32 Å². The molecular weight excluding hydrogens is 328 g/mol. The Morgan fingerprint density at radius 1 is 1.23 bits per heavy atom. The van der Waals surface area contributed by atoms with Crippen molar-refractivity contribution in [2.75, 3.05) is 6.54 Å². The maximum Gasteiger partial charge on any atom is 0.334 e. The van der Waals surface area contributed by atoms with Gasteiger partial charge in [0, 0.05) is 0 Å². The molecule has 5 heteroatoms. The van der Waals surface area contributed by atoms with Gasteiger partial charge < -0.3 is 15.8 Å². The van der Waals surface area contributed by atoms with Gasteiger partial charge in [-0.15, -0.1) is 0 Å². The summed E-state index contributed by atoms with van der Waals surface area (Å²) in [5.74, 6) is 1.10. The first-order chi connectivity index (χ1) is 12.5. The maximum atomic E-state index is 12.6. The molecular formula is C21H30N2O3. The van der Waals surface area contributed by atoms with E-state index in [9.17, 15) is 9.59 Å². The second-order valence-corrected chi connectivity index (χ2v) is 7.96. The number of carbonyl (C=O) groups is 2. The number of aryl methyl sites for hydroxylation is 1. The molecule has 0 heterocycles. The van der Waals surface area contributed by atoms with Crippen molar-refractivity contribution >= 4 is 11.9 Å². The molecule has 0 aromatic heterocycles. The van der Waals surface area contributed by atoms with Gasteiger partial charge in [-0.05, 0) is 66.7 Å². The molecule has 0 aliphatic heterocycles. The summed E-state index contributed by atoms with van der Waals surface area (Å²) >= 11 is 0. The number of amides is 1. The van der Waals surface area contributed by atoms with Crippen LogP contribution in [0.25, 0.3) is 0 Å². The third-order valence-electron chi connectivity index (χ3n) is 5.85. The summed E-state index contributed by atoms with van der Waals surface area (Å²) in [5.41, 5.74) is 8.10. The number of esters is 1. The van der Waals surface area contributed by atoms with Crippen LogP contribution in [-0.2, 0) is 16.0 Å². The highest BCUT2D eigenvalue weighted by molar-refractivity contribution is 5.86. The third kappa shape index (κ3) is 4.09. The van der Waals surface area contributed by atoms with Crippen molar-refractivity contribution < 1.29 is 14.3 Å². The number of hydrogen-bond acceptors (Lipinski definition) is 4. The first-order valence-corrected chi connectivity index (χ1v) is 9.83. The Kier molecular flexibility index (Phi) is 5.97. The first-order valence-electron chi connectivity index (χ1n) is 9.83. The molecule has 5 nitrogen and oxygen atoms in total. The molecule has 0 spiro atoms.